The molecule has 1 aliphatic rings. The van der Waals surface area contributed by atoms with Gasteiger partial charge in [-0.2, -0.15) is 4.98 Å². The van der Waals surface area contributed by atoms with Gasteiger partial charge in [0.2, 0.25) is 5.89 Å². The van der Waals surface area contributed by atoms with E-state index in [1.807, 2.05) is 18.3 Å². The highest BCUT2D eigenvalue weighted by atomic mass is 32.1. The van der Waals surface area contributed by atoms with E-state index in [0.29, 0.717) is 18.5 Å². The van der Waals surface area contributed by atoms with Gasteiger partial charge >= 0.3 is 0 Å². The molecule has 0 N–H and O–H groups in total. The van der Waals surface area contributed by atoms with Crippen LogP contribution < -0.4 is 0 Å². The van der Waals surface area contributed by atoms with Gasteiger partial charge in [-0.25, -0.2) is 0 Å². The van der Waals surface area contributed by atoms with E-state index in [9.17, 15) is 0 Å². The first kappa shape index (κ1) is 15.6. The number of nitrogens with zero attached hydrogens (tertiary/aromatic N) is 4. The molecule has 2 aromatic heterocycles. The van der Waals surface area contributed by atoms with Gasteiger partial charge in [0.1, 0.15) is 0 Å². The third-order valence-corrected chi connectivity index (χ3v) is 4.80. The van der Waals surface area contributed by atoms with E-state index in [2.05, 4.69) is 44.5 Å². The normalized spacial score (nSPS) is 18.0. The van der Waals surface area contributed by atoms with Gasteiger partial charge in [0.15, 0.2) is 5.82 Å². The van der Waals surface area contributed by atoms with Gasteiger partial charge < -0.3 is 9.26 Å². The van der Waals surface area contributed by atoms with Gasteiger partial charge in [0, 0.05) is 31.4 Å². The Bertz CT molecular complexity index is 566. The zero-order chi connectivity index (χ0) is 15.4. The second kappa shape index (κ2) is 7.32. The Balaban J connectivity index is 1.66. The predicted molar refractivity (Wildman–Crippen MR) is 84.8 cm³/mol. The minimum Gasteiger partial charge on any atom is -0.379 e. The fraction of sp³-hybridized carbons (Fsp3) is 0.600. The number of aromatic nitrogens is 2. The third-order valence-electron chi connectivity index (χ3n) is 3.82. The average molecular weight is 322 g/mol. The van der Waals surface area contributed by atoms with Crippen molar-refractivity contribution >= 4 is 11.3 Å². The van der Waals surface area contributed by atoms with Crippen LogP contribution in [0, 0.1) is 6.92 Å². The van der Waals surface area contributed by atoms with Crippen LogP contribution in [0.2, 0.25) is 0 Å². The fourth-order valence-electron chi connectivity index (χ4n) is 2.76. The Hall–Kier alpha value is -1.28. The standard InChI is InChI=1S/C15H22N4O2S/c1-12-16-15(17-21-12)11-18(2)10-13(14-4-3-9-22-14)19-5-7-20-8-6-19/h3-4,9,13H,5-8,10-11H2,1-2H3/t13-/m1/s1. The van der Waals surface area contributed by atoms with E-state index in [1.54, 1.807) is 0 Å². The molecule has 22 heavy (non-hydrogen) atoms. The van der Waals surface area contributed by atoms with Crippen LogP contribution in [0.1, 0.15) is 22.6 Å². The summed E-state index contributed by atoms with van der Waals surface area (Å²) in [6.07, 6.45) is 0. The van der Waals surface area contributed by atoms with E-state index in [-0.39, 0.29) is 0 Å². The van der Waals surface area contributed by atoms with Crippen molar-refractivity contribution in [3.05, 3.63) is 34.1 Å². The van der Waals surface area contributed by atoms with Crippen molar-refractivity contribution in [1.29, 1.82) is 0 Å². The van der Waals surface area contributed by atoms with Crippen molar-refractivity contribution in [1.82, 2.24) is 19.9 Å². The number of likely N-dealkylation sites (N-methyl/N-ethyl adjacent to an activating group) is 1. The maximum absolute atomic E-state index is 5.49. The zero-order valence-electron chi connectivity index (χ0n) is 13.1. The van der Waals surface area contributed by atoms with Gasteiger partial charge in [-0.05, 0) is 18.5 Å². The Labute approximate surface area is 134 Å². The minimum atomic E-state index is 0.391. The number of thiophene rings is 1. The Morgan fingerprint density at radius 3 is 2.86 bits per heavy atom. The SMILES string of the molecule is Cc1nc(CN(C)C[C@H](c2cccs2)N2CCOCC2)no1. The third kappa shape index (κ3) is 3.92. The summed E-state index contributed by atoms with van der Waals surface area (Å²) >= 11 is 1.82. The van der Waals surface area contributed by atoms with Crippen molar-refractivity contribution in [2.45, 2.75) is 19.5 Å². The molecular formula is C15H22N4O2S. The molecule has 3 heterocycles. The van der Waals surface area contributed by atoms with Gasteiger partial charge in [0.25, 0.3) is 0 Å². The Morgan fingerprint density at radius 1 is 1.41 bits per heavy atom. The molecule has 1 aliphatic heterocycles. The van der Waals surface area contributed by atoms with Crippen LogP contribution in [-0.2, 0) is 11.3 Å². The van der Waals surface area contributed by atoms with Crippen LogP contribution in [0.25, 0.3) is 0 Å². The minimum absolute atomic E-state index is 0.391. The fourth-order valence-corrected chi connectivity index (χ4v) is 3.61. The zero-order valence-corrected chi connectivity index (χ0v) is 13.9. The first-order valence-electron chi connectivity index (χ1n) is 7.55. The molecule has 1 fully saturated rings. The van der Waals surface area contributed by atoms with E-state index >= 15 is 0 Å². The molecule has 2 aromatic rings. The summed E-state index contributed by atoms with van der Waals surface area (Å²) in [6, 6.07) is 4.73. The molecule has 0 radical (unpaired) electrons. The summed E-state index contributed by atoms with van der Waals surface area (Å²) < 4.78 is 10.5. The highest BCUT2D eigenvalue weighted by Crippen LogP contribution is 2.27. The number of aryl methyl sites for hydroxylation is 1. The highest BCUT2D eigenvalue weighted by Gasteiger charge is 2.25. The lowest BCUT2D eigenvalue weighted by Gasteiger charge is -2.36. The lowest BCUT2D eigenvalue weighted by molar-refractivity contribution is 0.00946. The molecule has 3 rings (SSSR count). The first-order chi connectivity index (χ1) is 10.7. The molecule has 0 amide bonds. The summed E-state index contributed by atoms with van der Waals surface area (Å²) in [5, 5.41) is 6.12. The monoisotopic (exact) mass is 322 g/mol. The number of hydrogen-bond acceptors (Lipinski definition) is 7. The van der Waals surface area contributed by atoms with E-state index in [1.165, 1.54) is 4.88 Å². The van der Waals surface area contributed by atoms with Crippen molar-refractivity contribution in [3.8, 4) is 0 Å². The van der Waals surface area contributed by atoms with Crippen molar-refractivity contribution in [3.63, 3.8) is 0 Å². The molecular weight excluding hydrogens is 300 g/mol. The molecule has 1 saturated heterocycles. The summed E-state index contributed by atoms with van der Waals surface area (Å²) in [6.45, 7) is 7.05. The van der Waals surface area contributed by atoms with E-state index in [4.69, 9.17) is 9.26 Å². The van der Waals surface area contributed by atoms with Crippen molar-refractivity contribution < 1.29 is 9.26 Å². The summed E-state index contributed by atoms with van der Waals surface area (Å²) in [5.74, 6) is 1.36. The highest BCUT2D eigenvalue weighted by molar-refractivity contribution is 7.10. The van der Waals surface area contributed by atoms with Crippen LogP contribution in [0.5, 0.6) is 0 Å². The van der Waals surface area contributed by atoms with Crippen LogP contribution in [0.3, 0.4) is 0 Å². The average Bonchev–Trinajstić information content (AvgIpc) is 3.18. The molecule has 0 unspecified atom stereocenters. The van der Waals surface area contributed by atoms with Gasteiger partial charge in [0.05, 0.1) is 25.8 Å². The van der Waals surface area contributed by atoms with Crippen LogP contribution >= 0.6 is 11.3 Å². The summed E-state index contributed by atoms with van der Waals surface area (Å²) in [5.41, 5.74) is 0. The maximum Gasteiger partial charge on any atom is 0.223 e. The molecule has 0 saturated carbocycles. The predicted octanol–water partition coefficient (Wildman–Crippen LogP) is 1.94. The summed E-state index contributed by atoms with van der Waals surface area (Å²) in [4.78, 5) is 10.4. The molecule has 6 nitrogen and oxygen atoms in total. The number of hydrogen-bond donors (Lipinski definition) is 0. The molecule has 0 spiro atoms. The van der Waals surface area contributed by atoms with E-state index in [0.717, 1.165) is 38.7 Å². The lowest BCUT2D eigenvalue weighted by Crippen LogP contribution is -2.42. The topological polar surface area (TPSA) is 54.6 Å². The van der Waals surface area contributed by atoms with Crippen LogP contribution in [-0.4, -0.2) is 59.8 Å². The molecule has 0 bridgehead atoms. The van der Waals surface area contributed by atoms with Gasteiger partial charge in [-0.3, -0.25) is 9.80 Å². The van der Waals surface area contributed by atoms with Crippen molar-refractivity contribution in [2.75, 3.05) is 39.9 Å². The molecule has 1 atom stereocenters. The van der Waals surface area contributed by atoms with Gasteiger partial charge in [-0.1, -0.05) is 11.2 Å². The molecule has 0 aromatic carbocycles. The Morgan fingerprint density at radius 2 is 2.23 bits per heavy atom. The van der Waals surface area contributed by atoms with Gasteiger partial charge in [-0.15, -0.1) is 11.3 Å². The molecule has 0 aliphatic carbocycles. The number of rotatable bonds is 6. The smallest absolute Gasteiger partial charge is 0.223 e. The number of morpholine rings is 1. The second-order valence-corrected chi connectivity index (χ2v) is 6.59. The quantitative estimate of drug-likeness (QED) is 0.810. The van der Waals surface area contributed by atoms with Crippen LogP contribution in [0.4, 0.5) is 0 Å². The van der Waals surface area contributed by atoms with Crippen molar-refractivity contribution in [2.24, 2.45) is 0 Å². The van der Waals surface area contributed by atoms with E-state index < -0.39 is 0 Å². The molecule has 120 valence electrons. The molecule has 7 heteroatoms. The Kier molecular flexibility index (Phi) is 5.20. The second-order valence-electron chi connectivity index (χ2n) is 5.61. The lowest BCUT2D eigenvalue weighted by atomic mass is 10.1. The maximum atomic E-state index is 5.49. The summed E-state index contributed by atoms with van der Waals surface area (Å²) in [7, 11) is 2.10. The van der Waals surface area contributed by atoms with Crippen LogP contribution in [0.15, 0.2) is 22.0 Å². The largest absolute Gasteiger partial charge is 0.379 e. The first-order valence-corrected chi connectivity index (χ1v) is 8.43. The number of ether oxygens (including phenoxy) is 1.